The van der Waals surface area contributed by atoms with E-state index in [1.165, 1.54) is 11.9 Å². The van der Waals surface area contributed by atoms with Gasteiger partial charge in [0, 0.05) is 23.6 Å². The molecule has 1 aromatic carbocycles. The van der Waals surface area contributed by atoms with Gasteiger partial charge in [-0.1, -0.05) is 23.2 Å². The Morgan fingerprint density at radius 2 is 2.00 bits per heavy atom. The maximum atomic E-state index is 11.9. The van der Waals surface area contributed by atoms with Gasteiger partial charge in [0.1, 0.15) is 13.1 Å². The van der Waals surface area contributed by atoms with E-state index < -0.39 is 11.9 Å². The number of halogens is 2. The SMILES string of the molecule is Cc1cc(Cl)cc(Cl)c1CNC(=O)CN1C(=O)CN(C)C1=O. The van der Waals surface area contributed by atoms with Crippen LogP contribution in [0.25, 0.3) is 0 Å². The number of imide groups is 1. The Kier molecular flexibility index (Phi) is 4.93. The van der Waals surface area contributed by atoms with Crippen molar-refractivity contribution in [2.75, 3.05) is 20.1 Å². The molecule has 1 aliphatic rings. The number of hydrogen-bond acceptors (Lipinski definition) is 3. The number of nitrogens with one attached hydrogen (secondary N) is 1. The van der Waals surface area contributed by atoms with E-state index in [2.05, 4.69) is 5.32 Å². The van der Waals surface area contributed by atoms with Gasteiger partial charge in [0.15, 0.2) is 0 Å². The molecule has 1 N–H and O–H groups in total. The molecule has 0 aromatic heterocycles. The Labute approximate surface area is 138 Å². The maximum absolute atomic E-state index is 11.9. The van der Waals surface area contributed by atoms with Crippen LogP contribution in [0.2, 0.25) is 10.0 Å². The molecular formula is C14H15Cl2N3O3. The van der Waals surface area contributed by atoms with E-state index in [-0.39, 0.29) is 25.5 Å². The molecule has 2 rings (SSSR count). The van der Waals surface area contributed by atoms with Gasteiger partial charge >= 0.3 is 6.03 Å². The van der Waals surface area contributed by atoms with E-state index in [0.717, 1.165) is 16.0 Å². The normalized spacial score (nSPS) is 14.7. The topological polar surface area (TPSA) is 69.7 Å². The molecule has 0 radical (unpaired) electrons. The van der Waals surface area contributed by atoms with Crippen LogP contribution in [0.4, 0.5) is 4.79 Å². The summed E-state index contributed by atoms with van der Waals surface area (Å²) in [6.45, 7) is 1.73. The van der Waals surface area contributed by atoms with Crippen molar-refractivity contribution in [3.63, 3.8) is 0 Å². The number of rotatable bonds is 4. The molecule has 0 unspecified atom stereocenters. The summed E-state index contributed by atoms with van der Waals surface area (Å²) in [6, 6.07) is 2.87. The Morgan fingerprint density at radius 3 is 2.55 bits per heavy atom. The average molecular weight is 344 g/mol. The minimum atomic E-state index is -0.471. The van der Waals surface area contributed by atoms with E-state index >= 15 is 0 Å². The maximum Gasteiger partial charge on any atom is 0.327 e. The van der Waals surface area contributed by atoms with E-state index in [9.17, 15) is 14.4 Å². The third kappa shape index (κ3) is 3.51. The Hall–Kier alpha value is -1.79. The van der Waals surface area contributed by atoms with Gasteiger partial charge in [0.25, 0.3) is 5.91 Å². The van der Waals surface area contributed by atoms with Gasteiger partial charge in [0.2, 0.25) is 5.91 Å². The van der Waals surface area contributed by atoms with Crippen molar-refractivity contribution in [1.82, 2.24) is 15.1 Å². The zero-order valence-corrected chi connectivity index (χ0v) is 13.7. The summed E-state index contributed by atoms with van der Waals surface area (Å²) in [5, 5.41) is 3.63. The second-order valence-corrected chi connectivity index (χ2v) is 5.92. The van der Waals surface area contributed by atoms with Crippen LogP contribution in [0, 0.1) is 6.92 Å². The number of carbonyl (C=O) groups is 3. The minimum Gasteiger partial charge on any atom is -0.350 e. The smallest absolute Gasteiger partial charge is 0.327 e. The van der Waals surface area contributed by atoms with Crippen LogP contribution >= 0.6 is 23.2 Å². The lowest BCUT2D eigenvalue weighted by molar-refractivity contribution is -0.130. The number of aryl methyl sites for hydroxylation is 1. The third-order valence-electron chi connectivity index (χ3n) is 3.38. The molecule has 0 aliphatic carbocycles. The Bertz CT molecular complexity index is 625. The second-order valence-electron chi connectivity index (χ2n) is 5.08. The molecule has 1 fully saturated rings. The third-order valence-corrected chi connectivity index (χ3v) is 3.93. The predicted octanol–water partition coefficient (Wildman–Crippen LogP) is 1.81. The van der Waals surface area contributed by atoms with E-state index in [4.69, 9.17) is 23.2 Å². The van der Waals surface area contributed by atoms with Crippen molar-refractivity contribution in [3.8, 4) is 0 Å². The van der Waals surface area contributed by atoms with E-state index in [1.807, 2.05) is 6.92 Å². The fraction of sp³-hybridized carbons (Fsp3) is 0.357. The van der Waals surface area contributed by atoms with Crippen molar-refractivity contribution < 1.29 is 14.4 Å². The lowest BCUT2D eigenvalue weighted by Gasteiger charge is -2.15. The highest BCUT2D eigenvalue weighted by Crippen LogP contribution is 2.24. The van der Waals surface area contributed by atoms with Crippen LogP contribution < -0.4 is 5.32 Å². The number of nitrogens with zero attached hydrogens (tertiary/aromatic N) is 2. The van der Waals surface area contributed by atoms with Crippen molar-refractivity contribution in [3.05, 3.63) is 33.3 Å². The molecule has 1 aromatic rings. The highest BCUT2D eigenvalue weighted by atomic mass is 35.5. The summed E-state index contributed by atoms with van der Waals surface area (Å²) in [4.78, 5) is 37.4. The molecule has 6 nitrogen and oxygen atoms in total. The molecule has 0 atom stereocenters. The van der Waals surface area contributed by atoms with Crippen LogP contribution in [-0.4, -0.2) is 47.8 Å². The summed E-state index contributed by atoms with van der Waals surface area (Å²) in [5.74, 6) is -0.814. The first-order valence-corrected chi connectivity index (χ1v) is 7.32. The Morgan fingerprint density at radius 1 is 1.32 bits per heavy atom. The Balaban J connectivity index is 1.97. The molecule has 118 valence electrons. The molecule has 1 heterocycles. The average Bonchev–Trinajstić information content (AvgIpc) is 2.64. The van der Waals surface area contributed by atoms with Gasteiger partial charge in [-0.2, -0.15) is 0 Å². The van der Waals surface area contributed by atoms with Crippen molar-refractivity contribution in [1.29, 1.82) is 0 Å². The zero-order valence-electron chi connectivity index (χ0n) is 12.2. The van der Waals surface area contributed by atoms with E-state index in [0.29, 0.717) is 10.0 Å². The molecule has 1 aliphatic heterocycles. The molecule has 8 heteroatoms. The van der Waals surface area contributed by atoms with Crippen molar-refractivity contribution >= 4 is 41.0 Å². The summed E-state index contributed by atoms with van der Waals surface area (Å²) in [5.41, 5.74) is 1.60. The quantitative estimate of drug-likeness (QED) is 0.847. The van der Waals surface area contributed by atoms with Crippen LogP contribution in [-0.2, 0) is 16.1 Å². The van der Waals surface area contributed by atoms with Gasteiger partial charge in [-0.05, 0) is 30.2 Å². The summed E-state index contributed by atoms with van der Waals surface area (Å²) < 4.78 is 0. The van der Waals surface area contributed by atoms with E-state index in [1.54, 1.807) is 12.1 Å². The van der Waals surface area contributed by atoms with Gasteiger partial charge in [-0.3, -0.25) is 14.5 Å². The molecule has 4 amide bonds. The fourth-order valence-corrected chi connectivity index (χ4v) is 2.83. The number of amides is 4. The van der Waals surface area contributed by atoms with Gasteiger partial charge in [-0.25, -0.2) is 4.79 Å². The first-order chi connectivity index (χ1) is 10.3. The molecule has 0 spiro atoms. The summed E-state index contributed by atoms with van der Waals surface area (Å²) in [7, 11) is 1.51. The lowest BCUT2D eigenvalue weighted by atomic mass is 10.1. The van der Waals surface area contributed by atoms with Gasteiger partial charge in [0.05, 0.1) is 0 Å². The summed E-state index contributed by atoms with van der Waals surface area (Å²) in [6.07, 6.45) is 0. The van der Waals surface area contributed by atoms with Crippen LogP contribution in [0.1, 0.15) is 11.1 Å². The number of likely N-dealkylation sites (N-methyl/N-ethyl adjacent to an activating group) is 1. The minimum absolute atomic E-state index is 0.00572. The highest BCUT2D eigenvalue weighted by molar-refractivity contribution is 6.35. The van der Waals surface area contributed by atoms with Crippen molar-refractivity contribution in [2.24, 2.45) is 0 Å². The highest BCUT2D eigenvalue weighted by Gasteiger charge is 2.34. The van der Waals surface area contributed by atoms with Gasteiger partial charge in [-0.15, -0.1) is 0 Å². The predicted molar refractivity (Wildman–Crippen MR) is 82.8 cm³/mol. The first-order valence-electron chi connectivity index (χ1n) is 6.56. The van der Waals surface area contributed by atoms with Crippen molar-refractivity contribution in [2.45, 2.75) is 13.5 Å². The lowest BCUT2D eigenvalue weighted by Crippen LogP contribution is -2.40. The monoisotopic (exact) mass is 343 g/mol. The standard InChI is InChI=1S/C14H15Cl2N3O3/c1-8-3-9(15)4-11(16)10(8)5-17-12(20)6-19-13(21)7-18(2)14(19)22/h3-4H,5-7H2,1-2H3,(H,17,20). The number of benzene rings is 1. The second kappa shape index (κ2) is 6.54. The van der Waals surface area contributed by atoms with Crippen LogP contribution in [0.3, 0.4) is 0 Å². The molecule has 0 saturated carbocycles. The fourth-order valence-electron chi connectivity index (χ4n) is 2.17. The molecule has 1 saturated heterocycles. The number of hydrogen-bond donors (Lipinski definition) is 1. The first kappa shape index (κ1) is 16.6. The molecule has 0 bridgehead atoms. The molecule has 22 heavy (non-hydrogen) atoms. The largest absolute Gasteiger partial charge is 0.350 e. The zero-order chi connectivity index (χ0) is 16.4. The number of carbonyl (C=O) groups excluding carboxylic acids is 3. The van der Waals surface area contributed by atoms with Crippen LogP contribution in [0.5, 0.6) is 0 Å². The molecular weight excluding hydrogens is 329 g/mol. The summed E-state index contributed by atoms with van der Waals surface area (Å²) >= 11 is 12.0. The van der Waals surface area contributed by atoms with Crippen LogP contribution in [0.15, 0.2) is 12.1 Å². The van der Waals surface area contributed by atoms with Gasteiger partial charge < -0.3 is 10.2 Å². The number of urea groups is 1.